The fraction of sp³-hybridized carbons (Fsp3) is 0.400. The van der Waals surface area contributed by atoms with Crippen molar-refractivity contribution in [2.75, 3.05) is 14.1 Å². The largest absolute Gasteiger partial charge is 1.00 e. The molecule has 0 aliphatic heterocycles. The second kappa shape index (κ2) is 8.04. The van der Waals surface area contributed by atoms with Crippen LogP contribution >= 0.6 is 0 Å². The summed E-state index contributed by atoms with van der Waals surface area (Å²) in [6.07, 6.45) is -0.286. The van der Waals surface area contributed by atoms with Gasteiger partial charge in [0, 0.05) is 11.6 Å². The summed E-state index contributed by atoms with van der Waals surface area (Å²) in [5, 5.41) is 9.84. The molecule has 0 aliphatic carbocycles. The van der Waals surface area contributed by atoms with E-state index in [2.05, 4.69) is 6.58 Å². The summed E-state index contributed by atoms with van der Waals surface area (Å²) < 4.78 is 5.61. The van der Waals surface area contributed by atoms with E-state index in [0.717, 1.165) is 11.6 Å². The number of halogens is 1. The number of aliphatic hydroxyl groups is 1. The van der Waals surface area contributed by atoms with Crippen molar-refractivity contribution in [2.45, 2.75) is 25.8 Å². The van der Waals surface area contributed by atoms with Gasteiger partial charge in [-0.05, 0) is 6.92 Å². The smallest absolute Gasteiger partial charge is 0.334 e. The lowest BCUT2D eigenvalue weighted by Crippen LogP contribution is -3.00. The minimum Gasteiger partial charge on any atom is -1.00 e. The monoisotopic (exact) mass is 299 g/mol. The van der Waals surface area contributed by atoms with Crippen molar-refractivity contribution >= 4 is 5.97 Å². The number of rotatable bonds is 6. The maximum absolute atomic E-state index is 11.4. The molecule has 0 fully saturated rings. The van der Waals surface area contributed by atoms with Crippen LogP contribution in [0.5, 0.6) is 0 Å². The van der Waals surface area contributed by atoms with Crippen molar-refractivity contribution in [3.05, 3.63) is 48.6 Å². The quantitative estimate of drug-likeness (QED) is 0.307. The predicted octanol–water partition coefficient (Wildman–Crippen LogP) is -1.30. The third kappa shape index (κ3) is 5.33. The maximum atomic E-state index is 11.4. The molecule has 0 aromatic heterocycles. The molecule has 4 nitrogen and oxygen atoms in total. The molecule has 2 atom stereocenters. The zero-order valence-electron chi connectivity index (χ0n) is 12.1. The molecule has 112 valence electrons. The van der Waals surface area contributed by atoms with E-state index in [9.17, 15) is 9.90 Å². The first kappa shape index (κ1) is 18.6. The summed E-state index contributed by atoms with van der Waals surface area (Å²) in [5.41, 5.74) is 1.12. The Kier molecular flexibility index (Phi) is 7.50. The number of benzene rings is 1. The molecule has 0 aliphatic rings. The number of ether oxygens (including phenoxy) is 1. The Morgan fingerprint density at radius 3 is 2.40 bits per heavy atom. The average Bonchev–Trinajstić information content (AvgIpc) is 2.35. The topological polar surface area (TPSA) is 46.5 Å². The van der Waals surface area contributed by atoms with Crippen LogP contribution in [-0.2, 0) is 16.1 Å². The van der Waals surface area contributed by atoms with Crippen molar-refractivity contribution in [2.24, 2.45) is 0 Å². The van der Waals surface area contributed by atoms with E-state index in [4.69, 9.17) is 4.74 Å². The second-order valence-corrected chi connectivity index (χ2v) is 5.19. The van der Waals surface area contributed by atoms with Gasteiger partial charge in [0.1, 0.15) is 12.6 Å². The Morgan fingerprint density at radius 1 is 1.40 bits per heavy atom. The number of aliphatic hydroxyl groups excluding tert-OH is 1. The number of likely N-dealkylation sites (N-methyl/N-ethyl adjacent to an activating group) is 1. The number of carbonyl (C=O) groups excluding carboxylic acids is 1. The van der Waals surface area contributed by atoms with E-state index in [1.165, 1.54) is 0 Å². The first-order valence-corrected chi connectivity index (χ1v) is 6.24. The van der Waals surface area contributed by atoms with Gasteiger partial charge >= 0.3 is 5.97 Å². The number of hydrogen-bond donors (Lipinski definition) is 1. The first-order valence-electron chi connectivity index (χ1n) is 6.24. The minimum atomic E-state index is -0.761. The molecular weight excluding hydrogens is 278 g/mol. The van der Waals surface area contributed by atoms with Crippen LogP contribution in [0, 0.1) is 0 Å². The highest BCUT2D eigenvalue weighted by Crippen LogP contribution is 2.18. The van der Waals surface area contributed by atoms with Gasteiger partial charge in [-0.25, -0.2) is 4.79 Å². The molecule has 1 N–H and O–H groups in total. The molecule has 0 spiro atoms. The second-order valence-electron chi connectivity index (χ2n) is 5.19. The average molecular weight is 300 g/mol. The van der Waals surface area contributed by atoms with Gasteiger partial charge in [0.05, 0.1) is 14.1 Å². The molecule has 0 heterocycles. The molecule has 5 heteroatoms. The first-order chi connectivity index (χ1) is 8.86. The van der Waals surface area contributed by atoms with Gasteiger partial charge < -0.3 is 22.3 Å². The minimum absolute atomic E-state index is 0. The third-order valence-electron chi connectivity index (χ3n) is 2.94. The Labute approximate surface area is 126 Å². The van der Waals surface area contributed by atoms with Gasteiger partial charge in [0.15, 0.2) is 0 Å². The van der Waals surface area contributed by atoms with Crippen LogP contribution in [0.15, 0.2) is 43.0 Å². The van der Waals surface area contributed by atoms with E-state index < -0.39 is 18.3 Å². The standard InChI is InChI=1S/C15H22NO3.ClH/c1-5-14(18)19-15(12(2)17)16(3,4)11-13-9-7-6-8-10-13;/h5-10,12,15,17H,1,11H2,2-4H3;1H/q+1;/p-1. The van der Waals surface area contributed by atoms with Crippen molar-refractivity contribution in [1.29, 1.82) is 0 Å². The molecule has 20 heavy (non-hydrogen) atoms. The summed E-state index contributed by atoms with van der Waals surface area (Å²) >= 11 is 0. The summed E-state index contributed by atoms with van der Waals surface area (Å²) in [6, 6.07) is 9.89. The highest BCUT2D eigenvalue weighted by Gasteiger charge is 2.35. The van der Waals surface area contributed by atoms with Crippen LogP contribution in [0.2, 0.25) is 0 Å². The Bertz CT molecular complexity index is 432. The van der Waals surface area contributed by atoms with Crippen LogP contribution in [-0.4, -0.2) is 42.0 Å². The normalized spacial score (nSPS) is 13.8. The van der Waals surface area contributed by atoms with Crippen LogP contribution < -0.4 is 12.4 Å². The molecule has 1 rings (SSSR count). The van der Waals surface area contributed by atoms with Crippen molar-refractivity contribution < 1.29 is 31.5 Å². The van der Waals surface area contributed by atoms with Crippen LogP contribution in [0.1, 0.15) is 12.5 Å². The van der Waals surface area contributed by atoms with Crippen LogP contribution in [0.3, 0.4) is 0 Å². The third-order valence-corrected chi connectivity index (χ3v) is 2.94. The zero-order chi connectivity index (χ0) is 14.5. The lowest BCUT2D eigenvalue weighted by atomic mass is 10.1. The SMILES string of the molecule is C=CC(=O)OC(C(C)O)[N+](C)(C)Cc1ccccc1.[Cl-]. The van der Waals surface area contributed by atoms with E-state index >= 15 is 0 Å². The molecule has 1 aromatic carbocycles. The molecule has 2 unspecified atom stereocenters. The number of hydrogen-bond acceptors (Lipinski definition) is 3. The Balaban J connectivity index is 0.00000361. The summed E-state index contributed by atoms with van der Waals surface area (Å²) in [5.74, 6) is -0.523. The van der Waals surface area contributed by atoms with Gasteiger partial charge in [0.2, 0.25) is 0 Å². The molecule has 1 aromatic rings. The van der Waals surface area contributed by atoms with Crippen LogP contribution in [0.4, 0.5) is 0 Å². The molecule has 0 saturated heterocycles. The van der Waals surface area contributed by atoms with Crippen molar-refractivity contribution in [1.82, 2.24) is 0 Å². The highest BCUT2D eigenvalue weighted by atomic mass is 35.5. The van der Waals surface area contributed by atoms with Gasteiger partial charge in [-0.3, -0.25) is 4.48 Å². The van der Waals surface area contributed by atoms with Gasteiger partial charge in [-0.15, -0.1) is 0 Å². The Hall–Kier alpha value is -1.36. The zero-order valence-corrected chi connectivity index (χ0v) is 12.9. The predicted molar refractivity (Wildman–Crippen MR) is 74.0 cm³/mol. The summed E-state index contributed by atoms with van der Waals surface area (Å²) in [7, 11) is 3.83. The molecule has 0 bridgehead atoms. The number of nitrogens with zero attached hydrogens (tertiary/aromatic N) is 1. The number of carbonyl (C=O) groups is 1. The number of quaternary nitrogens is 1. The lowest BCUT2D eigenvalue weighted by molar-refractivity contribution is -0.950. The summed E-state index contributed by atoms with van der Waals surface area (Å²) in [6.45, 7) is 5.65. The van der Waals surface area contributed by atoms with Crippen LogP contribution in [0.25, 0.3) is 0 Å². The molecule has 0 saturated carbocycles. The summed E-state index contributed by atoms with van der Waals surface area (Å²) in [4.78, 5) is 11.4. The number of esters is 1. The van der Waals surface area contributed by atoms with Gasteiger partial charge in [-0.1, -0.05) is 36.9 Å². The fourth-order valence-electron chi connectivity index (χ4n) is 2.14. The van der Waals surface area contributed by atoms with E-state index in [1.807, 2.05) is 44.4 Å². The van der Waals surface area contributed by atoms with E-state index in [0.29, 0.717) is 11.0 Å². The van der Waals surface area contributed by atoms with Gasteiger partial charge in [0.25, 0.3) is 6.23 Å². The Morgan fingerprint density at radius 2 is 1.95 bits per heavy atom. The van der Waals surface area contributed by atoms with Crippen molar-refractivity contribution in [3.63, 3.8) is 0 Å². The maximum Gasteiger partial charge on any atom is 0.334 e. The fourth-order valence-corrected chi connectivity index (χ4v) is 2.14. The lowest BCUT2D eigenvalue weighted by Gasteiger charge is -2.38. The molecule has 0 amide bonds. The van der Waals surface area contributed by atoms with Crippen molar-refractivity contribution in [3.8, 4) is 0 Å². The molecule has 0 radical (unpaired) electrons. The van der Waals surface area contributed by atoms with E-state index in [1.54, 1.807) is 6.92 Å². The van der Waals surface area contributed by atoms with E-state index in [-0.39, 0.29) is 12.4 Å². The highest BCUT2D eigenvalue weighted by molar-refractivity contribution is 5.81. The molecular formula is C15H22ClNO3. The van der Waals surface area contributed by atoms with Gasteiger partial charge in [-0.2, -0.15) is 0 Å².